The second kappa shape index (κ2) is 4.88. The molecule has 0 aliphatic heterocycles. The molecule has 1 heterocycles. The highest BCUT2D eigenvalue weighted by Gasteiger charge is 2.01. The summed E-state index contributed by atoms with van der Waals surface area (Å²) in [5, 5.41) is 1.15. The first kappa shape index (κ1) is 10.8. The van der Waals surface area contributed by atoms with E-state index in [9.17, 15) is 0 Å². The standard InChI is InChI=1S/C16H13NO/c1-2-7-14(8-3-1)18-12-13-6-4-10-16-15(13)9-5-11-17-16/h1-11H,12H2. The second-order valence-electron chi connectivity index (χ2n) is 4.09. The van der Waals surface area contributed by atoms with Gasteiger partial charge in [-0.25, -0.2) is 0 Å². The van der Waals surface area contributed by atoms with E-state index in [1.54, 1.807) is 0 Å². The molecule has 0 amide bonds. The van der Waals surface area contributed by atoms with Crippen molar-refractivity contribution in [1.29, 1.82) is 0 Å². The lowest BCUT2D eigenvalue weighted by Gasteiger charge is -2.08. The van der Waals surface area contributed by atoms with Crippen molar-refractivity contribution >= 4 is 10.9 Å². The fourth-order valence-corrected chi connectivity index (χ4v) is 1.97. The molecule has 0 N–H and O–H groups in total. The van der Waals surface area contributed by atoms with E-state index in [2.05, 4.69) is 17.1 Å². The molecule has 3 rings (SSSR count). The number of aromatic nitrogens is 1. The molecular formula is C16H13NO. The van der Waals surface area contributed by atoms with Gasteiger partial charge in [0.05, 0.1) is 5.52 Å². The minimum atomic E-state index is 0.563. The van der Waals surface area contributed by atoms with Crippen LogP contribution in [-0.2, 0) is 6.61 Å². The third-order valence-corrected chi connectivity index (χ3v) is 2.87. The third-order valence-electron chi connectivity index (χ3n) is 2.87. The van der Waals surface area contributed by atoms with Crippen LogP contribution in [0.2, 0.25) is 0 Å². The van der Waals surface area contributed by atoms with E-state index in [0.717, 1.165) is 22.2 Å². The number of benzene rings is 2. The van der Waals surface area contributed by atoms with Crippen molar-refractivity contribution in [3.8, 4) is 5.75 Å². The topological polar surface area (TPSA) is 22.1 Å². The molecule has 0 saturated carbocycles. The van der Waals surface area contributed by atoms with Gasteiger partial charge in [-0.05, 0) is 29.8 Å². The van der Waals surface area contributed by atoms with Crippen LogP contribution >= 0.6 is 0 Å². The van der Waals surface area contributed by atoms with Gasteiger partial charge in [0.2, 0.25) is 0 Å². The molecule has 1 aromatic heterocycles. The number of ether oxygens (including phenoxy) is 1. The molecule has 0 atom stereocenters. The van der Waals surface area contributed by atoms with Crippen LogP contribution in [-0.4, -0.2) is 4.98 Å². The predicted molar refractivity (Wildman–Crippen MR) is 72.5 cm³/mol. The predicted octanol–water partition coefficient (Wildman–Crippen LogP) is 3.81. The van der Waals surface area contributed by atoms with Crippen molar-refractivity contribution in [2.24, 2.45) is 0 Å². The Morgan fingerprint density at radius 2 is 1.72 bits per heavy atom. The largest absolute Gasteiger partial charge is 0.489 e. The van der Waals surface area contributed by atoms with Gasteiger partial charge >= 0.3 is 0 Å². The van der Waals surface area contributed by atoms with Gasteiger partial charge in [0.15, 0.2) is 0 Å². The van der Waals surface area contributed by atoms with Gasteiger partial charge in [-0.2, -0.15) is 0 Å². The molecule has 0 bridgehead atoms. The van der Waals surface area contributed by atoms with Crippen molar-refractivity contribution in [2.45, 2.75) is 6.61 Å². The number of para-hydroxylation sites is 1. The Morgan fingerprint density at radius 3 is 2.61 bits per heavy atom. The minimum absolute atomic E-state index is 0.563. The van der Waals surface area contributed by atoms with Crippen molar-refractivity contribution in [1.82, 2.24) is 4.98 Å². The summed E-state index contributed by atoms with van der Waals surface area (Å²) in [5.74, 6) is 0.887. The number of pyridine rings is 1. The Morgan fingerprint density at radius 1 is 0.833 bits per heavy atom. The van der Waals surface area contributed by atoms with Crippen LogP contribution in [0, 0.1) is 0 Å². The lowest BCUT2D eigenvalue weighted by atomic mass is 10.1. The third kappa shape index (κ3) is 2.18. The first-order chi connectivity index (χ1) is 8.93. The normalized spacial score (nSPS) is 10.4. The molecule has 2 nitrogen and oxygen atoms in total. The van der Waals surface area contributed by atoms with Crippen molar-refractivity contribution in [3.05, 3.63) is 72.4 Å². The molecule has 0 saturated heterocycles. The Hall–Kier alpha value is -2.35. The lowest BCUT2D eigenvalue weighted by molar-refractivity contribution is 0.307. The van der Waals surface area contributed by atoms with E-state index in [4.69, 9.17) is 4.74 Å². The molecule has 0 unspecified atom stereocenters. The summed E-state index contributed by atoms with van der Waals surface area (Å²) >= 11 is 0. The van der Waals surface area contributed by atoms with Crippen LogP contribution in [0.5, 0.6) is 5.75 Å². The maximum absolute atomic E-state index is 5.77. The van der Waals surface area contributed by atoms with Gasteiger partial charge in [-0.15, -0.1) is 0 Å². The Balaban J connectivity index is 1.87. The van der Waals surface area contributed by atoms with Crippen LogP contribution in [0.3, 0.4) is 0 Å². The van der Waals surface area contributed by atoms with Crippen LogP contribution < -0.4 is 4.74 Å². The van der Waals surface area contributed by atoms with Gasteiger partial charge in [0, 0.05) is 11.6 Å². The quantitative estimate of drug-likeness (QED) is 0.688. The minimum Gasteiger partial charge on any atom is -0.489 e. The zero-order valence-electron chi connectivity index (χ0n) is 9.91. The first-order valence-corrected chi connectivity index (χ1v) is 5.94. The summed E-state index contributed by atoms with van der Waals surface area (Å²) < 4.78 is 5.77. The smallest absolute Gasteiger partial charge is 0.119 e. The zero-order valence-corrected chi connectivity index (χ0v) is 9.91. The molecular weight excluding hydrogens is 222 g/mol. The Labute approximate surface area is 106 Å². The van der Waals surface area contributed by atoms with Crippen LogP contribution in [0.15, 0.2) is 66.9 Å². The average Bonchev–Trinajstić information content (AvgIpc) is 2.46. The number of rotatable bonds is 3. The number of hydrogen-bond donors (Lipinski definition) is 0. The van der Waals surface area contributed by atoms with Crippen LogP contribution in [0.25, 0.3) is 10.9 Å². The van der Waals surface area contributed by atoms with E-state index < -0.39 is 0 Å². The molecule has 0 aliphatic rings. The summed E-state index contributed by atoms with van der Waals surface area (Å²) in [6.45, 7) is 0.563. The van der Waals surface area contributed by atoms with Crippen LogP contribution in [0.4, 0.5) is 0 Å². The SMILES string of the molecule is c1ccc(OCc2cccc3ncccc23)cc1. The molecule has 18 heavy (non-hydrogen) atoms. The monoisotopic (exact) mass is 235 g/mol. The highest BCUT2D eigenvalue weighted by Crippen LogP contribution is 2.18. The van der Waals surface area contributed by atoms with Gasteiger partial charge in [0.1, 0.15) is 12.4 Å². The second-order valence-corrected chi connectivity index (χ2v) is 4.09. The Bertz CT molecular complexity index is 644. The fraction of sp³-hybridized carbons (Fsp3) is 0.0625. The number of fused-ring (bicyclic) bond motifs is 1. The van der Waals surface area contributed by atoms with Crippen LogP contribution in [0.1, 0.15) is 5.56 Å². The summed E-state index contributed by atoms with van der Waals surface area (Å²) in [4.78, 5) is 4.34. The van der Waals surface area contributed by atoms with E-state index in [-0.39, 0.29) is 0 Å². The Kier molecular flexibility index (Phi) is 2.92. The molecule has 2 heteroatoms. The summed E-state index contributed by atoms with van der Waals surface area (Å²) in [6, 6.07) is 20.0. The number of nitrogens with zero attached hydrogens (tertiary/aromatic N) is 1. The molecule has 3 aromatic rings. The molecule has 0 radical (unpaired) electrons. The van der Waals surface area contributed by atoms with E-state index in [0.29, 0.717) is 6.61 Å². The maximum atomic E-state index is 5.77. The van der Waals surface area contributed by atoms with Crippen molar-refractivity contribution in [3.63, 3.8) is 0 Å². The number of hydrogen-bond acceptors (Lipinski definition) is 2. The summed E-state index contributed by atoms with van der Waals surface area (Å²) in [5.41, 5.74) is 2.16. The highest BCUT2D eigenvalue weighted by atomic mass is 16.5. The molecule has 0 spiro atoms. The van der Waals surface area contributed by atoms with Gasteiger partial charge in [-0.3, -0.25) is 4.98 Å². The van der Waals surface area contributed by atoms with Gasteiger partial charge in [0.25, 0.3) is 0 Å². The molecule has 0 fully saturated rings. The van der Waals surface area contributed by atoms with E-state index in [1.807, 2.05) is 54.7 Å². The van der Waals surface area contributed by atoms with Crippen molar-refractivity contribution in [2.75, 3.05) is 0 Å². The lowest BCUT2D eigenvalue weighted by Crippen LogP contribution is -1.96. The van der Waals surface area contributed by atoms with E-state index in [1.165, 1.54) is 0 Å². The zero-order chi connectivity index (χ0) is 12.2. The van der Waals surface area contributed by atoms with Gasteiger partial charge in [-0.1, -0.05) is 36.4 Å². The highest BCUT2D eigenvalue weighted by molar-refractivity contribution is 5.81. The summed E-state index contributed by atoms with van der Waals surface area (Å²) in [6.07, 6.45) is 1.81. The molecule has 2 aromatic carbocycles. The fourth-order valence-electron chi connectivity index (χ4n) is 1.97. The van der Waals surface area contributed by atoms with E-state index >= 15 is 0 Å². The summed E-state index contributed by atoms with van der Waals surface area (Å²) in [7, 11) is 0. The first-order valence-electron chi connectivity index (χ1n) is 5.94. The van der Waals surface area contributed by atoms with Crippen molar-refractivity contribution < 1.29 is 4.74 Å². The van der Waals surface area contributed by atoms with Gasteiger partial charge < -0.3 is 4.74 Å². The maximum Gasteiger partial charge on any atom is 0.119 e. The molecule has 88 valence electrons. The average molecular weight is 235 g/mol. The molecule has 0 aliphatic carbocycles.